The van der Waals surface area contributed by atoms with E-state index in [1.807, 2.05) is 0 Å². The van der Waals surface area contributed by atoms with Gasteiger partial charge in [-0.2, -0.15) is 0 Å². The molecule has 0 bridgehead atoms. The van der Waals surface area contributed by atoms with Crippen LogP contribution in [0.2, 0.25) is 0 Å². The van der Waals surface area contributed by atoms with Gasteiger partial charge in [0.15, 0.2) is 12.4 Å². The third-order valence-corrected chi connectivity index (χ3v) is 3.35. The van der Waals surface area contributed by atoms with Crippen molar-refractivity contribution in [3.8, 4) is 11.3 Å². The van der Waals surface area contributed by atoms with Gasteiger partial charge in [-0.3, -0.25) is 9.59 Å². The van der Waals surface area contributed by atoms with Gasteiger partial charge in [0.05, 0.1) is 6.61 Å². The molecule has 1 N–H and O–H groups in total. The van der Waals surface area contributed by atoms with E-state index >= 15 is 0 Å². The number of rotatable bonds is 8. The van der Waals surface area contributed by atoms with Gasteiger partial charge in [-0.1, -0.05) is 24.3 Å². The van der Waals surface area contributed by atoms with Crippen LogP contribution in [0.25, 0.3) is 11.3 Å². The number of nitrogens with one attached hydrogen (secondary N) is 1. The van der Waals surface area contributed by atoms with Gasteiger partial charge in [0.2, 0.25) is 5.76 Å². The van der Waals surface area contributed by atoms with E-state index in [2.05, 4.69) is 5.32 Å². The molecule has 7 nitrogen and oxygen atoms in total. The Balaban J connectivity index is 1.92. The van der Waals surface area contributed by atoms with Crippen LogP contribution in [0.1, 0.15) is 27.8 Å². The van der Waals surface area contributed by atoms with Crippen molar-refractivity contribution >= 4 is 17.7 Å². The number of hydrogen-bond acceptors (Lipinski definition) is 6. The Bertz CT molecular complexity index is 747. The molecule has 1 amide bonds. The van der Waals surface area contributed by atoms with Gasteiger partial charge in [-0.25, -0.2) is 4.79 Å². The van der Waals surface area contributed by atoms with Gasteiger partial charge in [-0.05, 0) is 19.1 Å². The minimum atomic E-state index is -0.728. The number of Topliss-reactive ketones (excluding diaryl/α,β-unsaturated/α-hetero) is 1. The smallest absolute Gasteiger partial charge is 0.374 e. The van der Waals surface area contributed by atoms with Crippen molar-refractivity contribution in [3.05, 3.63) is 47.7 Å². The van der Waals surface area contributed by atoms with E-state index in [4.69, 9.17) is 13.9 Å². The zero-order chi connectivity index (χ0) is 18.2. The Morgan fingerprint density at radius 1 is 1.08 bits per heavy atom. The molecule has 1 aromatic carbocycles. The van der Waals surface area contributed by atoms with Crippen molar-refractivity contribution in [1.82, 2.24) is 5.32 Å². The van der Waals surface area contributed by atoms with Gasteiger partial charge < -0.3 is 19.2 Å². The summed E-state index contributed by atoms with van der Waals surface area (Å²) in [4.78, 5) is 34.6. The van der Waals surface area contributed by atoms with Crippen molar-refractivity contribution in [1.29, 1.82) is 0 Å². The van der Waals surface area contributed by atoms with Gasteiger partial charge in [-0.15, -0.1) is 0 Å². The minimum Gasteiger partial charge on any atom is -0.450 e. The molecule has 2 aromatic rings. The predicted octanol–water partition coefficient (Wildman–Crippen LogP) is 2.07. The minimum absolute atomic E-state index is 0.00432. The second-order valence-corrected chi connectivity index (χ2v) is 5.22. The lowest BCUT2D eigenvalue weighted by atomic mass is 10.1. The van der Waals surface area contributed by atoms with E-state index in [1.165, 1.54) is 20.1 Å². The third kappa shape index (κ3) is 5.29. The number of ketones is 1. The predicted molar refractivity (Wildman–Crippen MR) is 89.3 cm³/mol. The highest BCUT2D eigenvalue weighted by molar-refractivity contribution is 5.94. The largest absolute Gasteiger partial charge is 0.450 e. The number of esters is 1. The highest BCUT2D eigenvalue weighted by atomic mass is 16.5. The summed E-state index contributed by atoms with van der Waals surface area (Å²) in [5, 5.41) is 2.54. The molecule has 0 fully saturated rings. The van der Waals surface area contributed by atoms with E-state index in [0.29, 0.717) is 24.5 Å². The maximum atomic E-state index is 11.9. The molecule has 1 heterocycles. The van der Waals surface area contributed by atoms with Crippen molar-refractivity contribution < 1.29 is 28.3 Å². The summed E-state index contributed by atoms with van der Waals surface area (Å²) in [5.74, 6) is -0.716. The normalized spacial score (nSPS) is 10.3. The number of benzene rings is 1. The molecule has 0 unspecified atom stereocenters. The first kappa shape index (κ1) is 18.4. The lowest BCUT2D eigenvalue weighted by Crippen LogP contribution is -2.31. The van der Waals surface area contributed by atoms with E-state index < -0.39 is 18.5 Å². The summed E-state index contributed by atoms with van der Waals surface area (Å²) >= 11 is 0. The average Bonchev–Trinajstić information content (AvgIpc) is 3.10. The molecule has 132 valence electrons. The quantitative estimate of drug-likeness (QED) is 0.447. The van der Waals surface area contributed by atoms with E-state index in [1.54, 1.807) is 30.3 Å². The first-order valence-corrected chi connectivity index (χ1v) is 7.65. The summed E-state index contributed by atoms with van der Waals surface area (Å²) in [6.07, 6.45) is 0. The molecule has 1 aromatic heterocycles. The SMILES string of the molecule is COCCNC(=O)COC(=O)c1ccc(-c2ccc(C(C)=O)cc2)o1. The summed E-state index contributed by atoms with van der Waals surface area (Å²) in [6.45, 7) is 1.81. The van der Waals surface area contributed by atoms with Crippen LogP contribution in [-0.4, -0.2) is 44.5 Å². The van der Waals surface area contributed by atoms with Gasteiger partial charge in [0.25, 0.3) is 5.91 Å². The fraction of sp³-hybridized carbons (Fsp3) is 0.278. The molecule has 2 rings (SSSR count). The Morgan fingerprint density at radius 3 is 2.44 bits per heavy atom. The highest BCUT2D eigenvalue weighted by Gasteiger charge is 2.15. The zero-order valence-electron chi connectivity index (χ0n) is 14.0. The first-order chi connectivity index (χ1) is 12.0. The zero-order valence-corrected chi connectivity index (χ0v) is 14.0. The van der Waals surface area contributed by atoms with Crippen LogP contribution >= 0.6 is 0 Å². The molecule has 0 saturated heterocycles. The highest BCUT2D eigenvalue weighted by Crippen LogP contribution is 2.23. The Hall–Kier alpha value is -2.93. The van der Waals surface area contributed by atoms with Crippen molar-refractivity contribution in [3.63, 3.8) is 0 Å². The van der Waals surface area contributed by atoms with Crippen LogP contribution in [0.4, 0.5) is 0 Å². The van der Waals surface area contributed by atoms with Crippen LogP contribution in [-0.2, 0) is 14.3 Å². The van der Waals surface area contributed by atoms with Gasteiger partial charge >= 0.3 is 5.97 Å². The fourth-order valence-corrected chi connectivity index (χ4v) is 2.02. The third-order valence-electron chi connectivity index (χ3n) is 3.35. The molecule has 0 aliphatic rings. The molecule has 0 aliphatic carbocycles. The fourth-order valence-electron chi connectivity index (χ4n) is 2.02. The van der Waals surface area contributed by atoms with E-state index in [0.717, 1.165) is 5.56 Å². The molecular weight excluding hydrogens is 326 g/mol. The maximum Gasteiger partial charge on any atom is 0.374 e. The lowest BCUT2D eigenvalue weighted by molar-refractivity contribution is -0.124. The topological polar surface area (TPSA) is 94.8 Å². The van der Waals surface area contributed by atoms with Gasteiger partial charge in [0.1, 0.15) is 5.76 Å². The van der Waals surface area contributed by atoms with Crippen molar-refractivity contribution in [2.75, 3.05) is 26.9 Å². The first-order valence-electron chi connectivity index (χ1n) is 7.65. The second kappa shape index (κ2) is 8.79. The molecule has 7 heteroatoms. The standard InChI is InChI=1S/C18H19NO6/c1-12(20)13-3-5-14(6-4-13)15-7-8-16(25-15)18(22)24-11-17(21)19-9-10-23-2/h3-8H,9-11H2,1-2H3,(H,19,21). The average molecular weight is 345 g/mol. The summed E-state index contributed by atoms with van der Waals surface area (Å²) < 4.78 is 15.1. The molecule has 0 aliphatic heterocycles. The number of amides is 1. The lowest BCUT2D eigenvalue weighted by Gasteiger charge is -2.05. The number of carbonyl (C=O) groups is 3. The number of hydrogen-bond donors (Lipinski definition) is 1. The number of ether oxygens (including phenoxy) is 2. The molecule has 0 atom stereocenters. The second-order valence-electron chi connectivity index (χ2n) is 5.22. The Morgan fingerprint density at radius 2 is 1.80 bits per heavy atom. The molecular formula is C18H19NO6. The molecule has 0 spiro atoms. The maximum absolute atomic E-state index is 11.9. The number of carbonyl (C=O) groups excluding carboxylic acids is 3. The summed E-state index contributed by atoms with van der Waals surface area (Å²) in [5.41, 5.74) is 1.32. The summed E-state index contributed by atoms with van der Waals surface area (Å²) in [6, 6.07) is 9.92. The number of methoxy groups -OCH3 is 1. The Kier molecular flexibility index (Phi) is 6.47. The van der Waals surface area contributed by atoms with Crippen LogP contribution in [0.3, 0.4) is 0 Å². The van der Waals surface area contributed by atoms with Gasteiger partial charge in [0, 0.05) is 24.8 Å². The molecule has 0 saturated carbocycles. The van der Waals surface area contributed by atoms with Crippen molar-refractivity contribution in [2.24, 2.45) is 0 Å². The number of furan rings is 1. The van der Waals surface area contributed by atoms with Crippen LogP contribution in [0, 0.1) is 0 Å². The van der Waals surface area contributed by atoms with E-state index in [9.17, 15) is 14.4 Å². The molecule has 25 heavy (non-hydrogen) atoms. The van der Waals surface area contributed by atoms with Crippen LogP contribution < -0.4 is 5.32 Å². The molecule has 0 radical (unpaired) electrons. The Labute approximate surface area is 144 Å². The summed E-state index contributed by atoms with van der Waals surface area (Å²) in [7, 11) is 1.52. The van der Waals surface area contributed by atoms with Crippen molar-refractivity contribution in [2.45, 2.75) is 6.92 Å². The van der Waals surface area contributed by atoms with Crippen LogP contribution in [0.15, 0.2) is 40.8 Å². The monoisotopic (exact) mass is 345 g/mol. The van der Waals surface area contributed by atoms with E-state index in [-0.39, 0.29) is 11.5 Å². The van der Waals surface area contributed by atoms with Crippen LogP contribution in [0.5, 0.6) is 0 Å².